The van der Waals surface area contributed by atoms with E-state index in [1.807, 2.05) is 0 Å². The predicted molar refractivity (Wildman–Crippen MR) is 91.1 cm³/mol. The van der Waals surface area contributed by atoms with Crippen LogP contribution in [0.3, 0.4) is 0 Å². The molecule has 0 aliphatic carbocycles. The molecule has 0 fully saturated rings. The van der Waals surface area contributed by atoms with Crippen molar-refractivity contribution in [2.24, 2.45) is 0 Å². The Morgan fingerprint density at radius 3 is 2.40 bits per heavy atom. The van der Waals surface area contributed by atoms with Gasteiger partial charge in [-0.3, -0.25) is 9.59 Å². The lowest BCUT2D eigenvalue weighted by molar-refractivity contribution is -0.128. The molecular formula is C15H19ClN2O6S. The zero-order valence-corrected chi connectivity index (χ0v) is 15.5. The molecule has 0 saturated heterocycles. The number of amides is 2. The Morgan fingerprint density at radius 2 is 1.84 bits per heavy atom. The highest BCUT2D eigenvalue weighted by Crippen LogP contribution is 2.21. The second-order valence-corrected chi connectivity index (χ2v) is 7.91. The van der Waals surface area contributed by atoms with Gasteiger partial charge in [0.1, 0.15) is 0 Å². The third kappa shape index (κ3) is 7.10. The summed E-state index contributed by atoms with van der Waals surface area (Å²) >= 11 is 5.86. The lowest BCUT2D eigenvalue weighted by atomic mass is 10.2. The number of nitrogens with one attached hydrogen (secondary N) is 2. The molecule has 0 bridgehead atoms. The second-order valence-electron chi connectivity index (χ2n) is 5.49. The summed E-state index contributed by atoms with van der Waals surface area (Å²) in [5.74, 6) is -2.00. The first-order chi connectivity index (χ1) is 11.5. The molecule has 138 valence electrons. The van der Waals surface area contributed by atoms with Crippen LogP contribution in [0.4, 0.5) is 0 Å². The molecule has 10 heteroatoms. The molecule has 1 aromatic carbocycles. The van der Waals surface area contributed by atoms with Gasteiger partial charge in [0.2, 0.25) is 5.91 Å². The molecule has 1 aromatic rings. The smallest absolute Gasteiger partial charge is 0.340 e. The van der Waals surface area contributed by atoms with Crippen LogP contribution in [0, 0.1) is 0 Å². The first-order valence-corrected chi connectivity index (χ1v) is 9.50. The van der Waals surface area contributed by atoms with Gasteiger partial charge in [0.15, 0.2) is 16.4 Å². The van der Waals surface area contributed by atoms with Crippen molar-refractivity contribution in [3.8, 4) is 0 Å². The summed E-state index contributed by atoms with van der Waals surface area (Å²) in [7, 11) is -3.53. The molecule has 0 aliphatic heterocycles. The second kappa shape index (κ2) is 8.82. The van der Waals surface area contributed by atoms with Crippen LogP contribution in [0.5, 0.6) is 0 Å². The highest BCUT2D eigenvalue weighted by molar-refractivity contribution is 7.90. The van der Waals surface area contributed by atoms with E-state index in [-0.39, 0.29) is 34.0 Å². The Hall–Kier alpha value is -2.13. The van der Waals surface area contributed by atoms with E-state index >= 15 is 0 Å². The van der Waals surface area contributed by atoms with Crippen LogP contribution in [0.15, 0.2) is 23.1 Å². The fourth-order valence-electron chi connectivity index (χ4n) is 1.70. The SMILES string of the molecule is CC(C)NC(=O)CNC(=O)COC(=O)c1cc(S(C)(=O)=O)ccc1Cl. The summed E-state index contributed by atoms with van der Waals surface area (Å²) in [6.45, 7) is 2.66. The van der Waals surface area contributed by atoms with E-state index < -0.39 is 28.3 Å². The van der Waals surface area contributed by atoms with Crippen LogP contribution in [0.2, 0.25) is 5.02 Å². The van der Waals surface area contributed by atoms with Crippen molar-refractivity contribution < 1.29 is 27.5 Å². The maximum Gasteiger partial charge on any atom is 0.340 e. The normalized spacial score (nSPS) is 11.1. The lowest BCUT2D eigenvalue weighted by Crippen LogP contribution is -2.41. The fraction of sp³-hybridized carbons (Fsp3) is 0.400. The zero-order valence-electron chi connectivity index (χ0n) is 14.0. The van der Waals surface area contributed by atoms with Gasteiger partial charge in [-0.1, -0.05) is 11.6 Å². The van der Waals surface area contributed by atoms with Crippen molar-refractivity contribution in [3.63, 3.8) is 0 Å². The van der Waals surface area contributed by atoms with Crippen LogP contribution < -0.4 is 10.6 Å². The van der Waals surface area contributed by atoms with Crippen molar-refractivity contribution in [3.05, 3.63) is 28.8 Å². The van der Waals surface area contributed by atoms with Gasteiger partial charge in [-0.05, 0) is 32.0 Å². The number of halogens is 1. The van der Waals surface area contributed by atoms with Crippen molar-refractivity contribution in [1.82, 2.24) is 10.6 Å². The molecule has 8 nitrogen and oxygen atoms in total. The molecule has 0 heterocycles. The summed E-state index contributed by atoms with van der Waals surface area (Å²) in [6.07, 6.45) is 0.987. The van der Waals surface area contributed by atoms with E-state index in [1.165, 1.54) is 12.1 Å². The number of hydrogen-bond donors (Lipinski definition) is 2. The van der Waals surface area contributed by atoms with Gasteiger partial charge < -0.3 is 15.4 Å². The van der Waals surface area contributed by atoms with E-state index in [1.54, 1.807) is 13.8 Å². The molecular weight excluding hydrogens is 372 g/mol. The largest absolute Gasteiger partial charge is 0.452 e. The lowest BCUT2D eigenvalue weighted by Gasteiger charge is -2.10. The number of esters is 1. The number of carbonyl (C=O) groups excluding carboxylic acids is 3. The summed E-state index contributed by atoms with van der Waals surface area (Å²) in [6, 6.07) is 3.53. The Morgan fingerprint density at radius 1 is 1.20 bits per heavy atom. The van der Waals surface area contributed by atoms with Crippen LogP contribution in [-0.4, -0.2) is 51.7 Å². The first-order valence-electron chi connectivity index (χ1n) is 7.23. The standard InChI is InChI=1S/C15H19ClN2O6S/c1-9(2)18-13(19)7-17-14(20)8-24-15(21)11-6-10(25(3,22)23)4-5-12(11)16/h4-6,9H,7-8H2,1-3H3,(H,17,20)(H,18,19). The third-order valence-electron chi connectivity index (χ3n) is 2.82. The molecule has 0 saturated carbocycles. The molecule has 0 atom stereocenters. The molecule has 0 unspecified atom stereocenters. The molecule has 1 rings (SSSR count). The van der Waals surface area contributed by atoms with Crippen molar-refractivity contribution >= 4 is 39.2 Å². The number of hydrogen-bond acceptors (Lipinski definition) is 6. The quantitative estimate of drug-likeness (QED) is 0.656. The Balaban J connectivity index is 2.62. The van der Waals surface area contributed by atoms with Crippen LogP contribution in [0.25, 0.3) is 0 Å². The zero-order chi connectivity index (χ0) is 19.2. The number of carbonyl (C=O) groups is 3. The van der Waals surface area contributed by atoms with Crippen molar-refractivity contribution in [1.29, 1.82) is 0 Å². The molecule has 0 radical (unpaired) electrons. The molecule has 2 N–H and O–H groups in total. The maximum absolute atomic E-state index is 12.0. The van der Waals surface area contributed by atoms with Crippen LogP contribution in [0.1, 0.15) is 24.2 Å². The average molecular weight is 391 g/mol. The van der Waals surface area contributed by atoms with Gasteiger partial charge in [-0.25, -0.2) is 13.2 Å². The number of benzene rings is 1. The molecule has 0 aromatic heterocycles. The summed E-state index contributed by atoms with van der Waals surface area (Å²) in [5, 5.41) is 4.86. The summed E-state index contributed by atoms with van der Waals surface area (Å²) < 4.78 is 27.8. The highest BCUT2D eigenvalue weighted by Gasteiger charge is 2.18. The fourth-order valence-corrected chi connectivity index (χ4v) is 2.55. The van der Waals surface area contributed by atoms with E-state index in [0.717, 1.165) is 12.3 Å². The Labute approximate surface area is 150 Å². The Bertz CT molecular complexity index is 776. The van der Waals surface area contributed by atoms with Gasteiger partial charge in [0.05, 0.1) is 22.0 Å². The van der Waals surface area contributed by atoms with Gasteiger partial charge in [0, 0.05) is 12.3 Å². The maximum atomic E-state index is 12.0. The topological polar surface area (TPSA) is 119 Å². The van der Waals surface area contributed by atoms with Gasteiger partial charge in [-0.15, -0.1) is 0 Å². The highest BCUT2D eigenvalue weighted by atomic mass is 35.5. The Kier molecular flexibility index (Phi) is 7.38. The average Bonchev–Trinajstić information content (AvgIpc) is 2.49. The first kappa shape index (κ1) is 20.9. The minimum atomic E-state index is -3.53. The third-order valence-corrected chi connectivity index (χ3v) is 4.26. The van der Waals surface area contributed by atoms with E-state index in [0.29, 0.717) is 0 Å². The molecule has 2 amide bonds. The van der Waals surface area contributed by atoms with Crippen LogP contribution in [-0.2, 0) is 24.2 Å². The number of rotatable bonds is 7. The molecule has 0 aliphatic rings. The number of ether oxygens (including phenoxy) is 1. The number of sulfone groups is 1. The van der Waals surface area contributed by atoms with Gasteiger partial charge in [-0.2, -0.15) is 0 Å². The summed E-state index contributed by atoms with van der Waals surface area (Å²) in [5.41, 5.74) is -0.171. The summed E-state index contributed by atoms with van der Waals surface area (Å²) in [4.78, 5) is 34.8. The van der Waals surface area contributed by atoms with Gasteiger partial charge in [0.25, 0.3) is 5.91 Å². The molecule has 0 spiro atoms. The monoisotopic (exact) mass is 390 g/mol. The minimum Gasteiger partial charge on any atom is -0.452 e. The van der Waals surface area contributed by atoms with Crippen molar-refractivity contribution in [2.45, 2.75) is 24.8 Å². The van der Waals surface area contributed by atoms with E-state index in [9.17, 15) is 22.8 Å². The van der Waals surface area contributed by atoms with E-state index in [2.05, 4.69) is 10.6 Å². The predicted octanol–water partition coefficient (Wildman–Crippen LogP) is 0.541. The van der Waals surface area contributed by atoms with Crippen LogP contribution >= 0.6 is 11.6 Å². The van der Waals surface area contributed by atoms with Gasteiger partial charge >= 0.3 is 5.97 Å². The van der Waals surface area contributed by atoms with Crippen molar-refractivity contribution in [2.75, 3.05) is 19.4 Å². The molecule has 25 heavy (non-hydrogen) atoms. The van der Waals surface area contributed by atoms with E-state index in [4.69, 9.17) is 16.3 Å². The minimum absolute atomic E-state index is 0.00545.